The third-order valence-corrected chi connectivity index (χ3v) is 6.21. The summed E-state index contributed by atoms with van der Waals surface area (Å²) in [5.74, 6) is -1.70. The third kappa shape index (κ3) is 5.05. The van der Waals surface area contributed by atoms with E-state index in [1.807, 2.05) is 0 Å². The zero-order chi connectivity index (χ0) is 24.5. The van der Waals surface area contributed by atoms with Crippen LogP contribution in [0.3, 0.4) is 0 Å². The van der Waals surface area contributed by atoms with E-state index in [4.69, 9.17) is 4.74 Å². The lowest BCUT2D eigenvalue weighted by Gasteiger charge is -2.13. The molecule has 1 N–H and O–H groups in total. The predicted molar refractivity (Wildman–Crippen MR) is 118 cm³/mol. The van der Waals surface area contributed by atoms with Crippen molar-refractivity contribution < 1.29 is 32.0 Å². The van der Waals surface area contributed by atoms with E-state index >= 15 is 0 Å². The minimum atomic E-state index is -4.68. The zero-order valence-corrected chi connectivity index (χ0v) is 18.3. The number of nitrogens with one attached hydrogen (secondary N) is 1. The fourth-order valence-electron chi connectivity index (χ4n) is 2.82. The molecule has 2 aromatic carbocycles. The molecule has 0 aliphatic carbocycles. The summed E-state index contributed by atoms with van der Waals surface area (Å²) < 4.78 is 59.2. The number of anilines is 1. The quantitative estimate of drug-likeness (QED) is 0.172. The maximum atomic E-state index is 13.4. The first-order chi connectivity index (χ1) is 16.1. The van der Waals surface area contributed by atoms with Crippen LogP contribution in [0.15, 0.2) is 60.7 Å². The van der Waals surface area contributed by atoms with Crippen molar-refractivity contribution >= 4 is 38.7 Å². The first-order valence-corrected chi connectivity index (χ1v) is 10.9. The summed E-state index contributed by atoms with van der Waals surface area (Å²) >= 11 is 1.41. The molecule has 0 fully saturated rings. The van der Waals surface area contributed by atoms with E-state index in [-0.39, 0.29) is 25.8 Å². The Balaban J connectivity index is 1.70. The summed E-state index contributed by atoms with van der Waals surface area (Å²) in [6.45, 7) is 0. The van der Waals surface area contributed by atoms with Crippen LogP contribution < -0.4 is 10.1 Å². The molecule has 0 unspecified atom stereocenters. The van der Waals surface area contributed by atoms with Gasteiger partial charge in [-0.1, -0.05) is 34.8 Å². The van der Waals surface area contributed by atoms with E-state index in [9.17, 15) is 32.5 Å². The molecule has 1 amide bonds. The Bertz CT molecular complexity index is 1370. The summed E-state index contributed by atoms with van der Waals surface area (Å²) in [6.07, 6.45) is -4.68. The van der Waals surface area contributed by atoms with Gasteiger partial charge in [0.25, 0.3) is 5.91 Å². The van der Waals surface area contributed by atoms with Crippen molar-refractivity contribution in [3.63, 3.8) is 0 Å². The van der Waals surface area contributed by atoms with Gasteiger partial charge in [0, 0.05) is 11.6 Å². The van der Waals surface area contributed by atoms with Crippen molar-refractivity contribution in [3.8, 4) is 22.1 Å². The number of nitro groups is 1. The number of carbonyl (C=O) groups is 1. The molecule has 2 heterocycles. The highest BCUT2D eigenvalue weighted by Gasteiger charge is 2.34. The summed E-state index contributed by atoms with van der Waals surface area (Å²) in [6, 6.07) is 12.0. The van der Waals surface area contributed by atoms with Crippen molar-refractivity contribution in [2.45, 2.75) is 6.18 Å². The minimum Gasteiger partial charge on any atom is -0.444 e. The number of alkyl halides is 3. The van der Waals surface area contributed by atoms with E-state index < -0.39 is 34.1 Å². The van der Waals surface area contributed by atoms with Gasteiger partial charge in [0.2, 0.25) is 5.06 Å². The van der Waals surface area contributed by atoms with Crippen LogP contribution in [0.4, 0.5) is 27.7 Å². The molecule has 4 rings (SSSR count). The second-order valence-corrected chi connectivity index (χ2v) is 8.63. The number of thiazole rings is 1. The number of amides is 1. The molecule has 34 heavy (non-hydrogen) atoms. The Morgan fingerprint density at radius 1 is 1.03 bits per heavy atom. The molecule has 0 aliphatic rings. The van der Waals surface area contributed by atoms with Crippen LogP contribution >= 0.6 is 22.7 Å². The Kier molecular flexibility index (Phi) is 6.30. The van der Waals surface area contributed by atoms with E-state index in [0.717, 1.165) is 35.6 Å². The SMILES string of the molecule is O=C(Nc1nc(-c2ccc(F)cc2)c(Oc2ccccc2C(F)(F)F)s1)c1ccc([N+](=O)[O-])s1. The maximum absolute atomic E-state index is 13.4. The second-order valence-electron chi connectivity index (χ2n) is 6.61. The molecule has 0 bridgehead atoms. The van der Waals surface area contributed by atoms with E-state index in [1.165, 1.54) is 36.4 Å². The molecule has 2 aromatic heterocycles. The Morgan fingerprint density at radius 2 is 1.74 bits per heavy atom. The van der Waals surface area contributed by atoms with Crippen LogP contribution in [0.1, 0.15) is 15.2 Å². The van der Waals surface area contributed by atoms with E-state index in [0.29, 0.717) is 16.9 Å². The van der Waals surface area contributed by atoms with Gasteiger partial charge in [-0.15, -0.1) is 0 Å². The number of halogens is 4. The molecular weight excluding hydrogens is 498 g/mol. The molecule has 4 aromatic rings. The average Bonchev–Trinajstić information content (AvgIpc) is 3.42. The molecule has 0 spiro atoms. The van der Waals surface area contributed by atoms with Gasteiger partial charge in [-0.3, -0.25) is 20.2 Å². The van der Waals surface area contributed by atoms with E-state index in [1.54, 1.807) is 0 Å². The van der Waals surface area contributed by atoms with Crippen LogP contribution in [0.2, 0.25) is 0 Å². The molecule has 0 saturated carbocycles. The van der Waals surface area contributed by atoms with Crippen LogP contribution in [0, 0.1) is 15.9 Å². The lowest BCUT2D eigenvalue weighted by atomic mass is 10.1. The number of ether oxygens (including phenoxy) is 1. The normalized spacial score (nSPS) is 11.3. The Hall–Kier alpha value is -3.84. The largest absolute Gasteiger partial charge is 0.444 e. The van der Waals surface area contributed by atoms with Crippen LogP contribution in [0.5, 0.6) is 10.8 Å². The van der Waals surface area contributed by atoms with E-state index in [2.05, 4.69) is 10.3 Å². The number of para-hydroxylation sites is 1. The molecular formula is C21H11F4N3O4S2. The fourth-order valence-corrected chi connectivity index (χ4v) is 4.38. The van der Waals surface area contributed by atoms with Crippen LogP contribution in [-0.2, 0) is 6.18 Å². The minimum absolute atomic E-state index is 0.0279. The summed E-state index contributed by atoms with van der Waals surface area (Å²) in [7, 11) is 0. The van der Waals surface area contributed by atoms with Crippen molar-refractivity contribution in [3.05, 3.63) is 87.0 Å². The second kappa shape index (κ2) is 9.19. The number of benzene rings is 2. The van der Waals surface area contributed by atoms with Crippen molar-refractivity contribution in [1.29, 1.82) is 0 Å². The number of carbonyl (C=O) groups excluding carboxylic acids is 1. The molecule has 0 radical (unpaired) electrons. The average molecular weight is 509 g/mol. The smallest absolute Gasteiger partial charge is 0.419 e. The van der Waals surface area contributed by atoms with Gasteiger partial charge >= 0.3 is 11.2 Å². The molecule has 7 nitrogen and oxygen atoms in total. The van der Waals surface area contributed by atoms with Crippen molar-refractivity contribution in [2.24, 2.45) is 0 Å². The molecule has 0 atom stereocenters. The number of aromatic nitrogens is 1. The van der Waals surface area contributed by atoms with Gasteiger partial charge < -0.3 is 4.74 Å². The number of rotatable bonds is 6. The summed E-state index contributed by atoms with van der Waals surface area (Å²) in [4.78, 5) is 27.0. The highest BCUT2D eigenvalue weighted by molar-refractivity contribution is 7.19. The van der Waals surface area contributed by atoms with Crippen molar-refractivity contribution in [2.75, 3.05) is 5.32 Å². The molecule has 13 heteroatoms. The first kappa shape index (κ1) is 23.3. The topological polar surface area (TPSA) is 94.4 Å². The summed E-state index contributed by atoms with van der Waals surface area (Å²) in [5.41, 5.74) is -0.594. The van der Waals surface area contributed by atoms with Crippen LogP contribution in [-0.4, -0.2) is 15.8 Å². The molecule has 0 aliphatic heterocycles. The maximum Gasteiger partial charge on any atom is 0.419 e. The Labute approximate surface area is 196 Å². The predicted octanol–water partition coefficient (Wildman–Crippen LogP) is 6.98. The van der Waals surface area contributed by atoms with Gasteiger partial charge in [-0.05, 0) is 42.5 Å². The molecule has 0 saturated heterocycles. The number of hydrogen-bond donors (Lipinski definition) is 1. The number of thiophene rings is 1. The first-order valence-electron chi connectivity index (χ1n) is 9.28. The number of hydrogen-bond acceptors (Lipinski definition) is 7. The highest BCUT2D eigenvalue weighted by Crippen LogP contribution is 2.44. The lowest BCUT2D eigenvalue weighted by Crippen LogP contribution is -2.09. The Morgan fingerprint density at radius 3 is 2.38 bits per heavy atom. The zero-order valence-electron chi connectivity index (χ0n) is 16.6. The van der Waals surface area contributed by atoms with Gasteiger partial charge in [0.05, 0.1) is 15.4 Å². The standard InChI is InChI=1S/C21H11F4N3O4S2/c22-12-7-5-11(6-8-12)17-19(32-14-4-2-1-3-13(14)21(23,24)25)34-20(26-17)27-18(29)15-9-10-16(33-15)28(30)31/h1-10H,(H,26,27,29). The lowest BCUT2D eigenvalue weighted by molar-refractivity contribution is -0.380. The summed E-state index contributed by atoms with van der Waals surface area (Å²) in [5, 5.41) is 13.0. The number of nitrogens with zero attached hydrogens (tertiary/aromatic N) is 2. The monoisotopic (exact) mass is 509 g/mol. The van der Waals surface area contributed by atoms with Gasteiger partial charge in [-0.25, -0.2) is 9.37 Å². The van der Waals surface area contributed by atoms with Crippen LogP contribution in [0.25, 0.3) is 11.3 Å². The highest BCUT2D eigenvalue weighted by atomic mass is 32.1. The van der Waals surface area contributed by atoms with Gasteiger partial charge in [0.15, 0.2) is 5.13 Å². The fraction of sp³-hybridized carbons (Fsp3) is 0.0476. The van der Waals surface area contributed by atoms with Gasteiger partial charge in [-0.2, -0.15) is 13.2 Å². The van der Waals surface area contributed by atoms with Crippen molar-refractivity contribution in [1.82, 2.24) is 4.98 Å². The molecule has 174 valence electrons. The van der Waals surface area contributed by atoms with Gasteiger partial charge in [0.1, 0.15) is 17.3 Å². The third-order valence-electron chi connectivity index (χ3n) is 4.32.